The highest BCUT2D eigenvalue weighted by atomic mass is 16.5. The topological polar surface area (TPSA) is 67.3 Å². The lowest BCUT2D eigenvalue weighted by Crippen LogP contribution is -2.45. The minimum absolute atomic E-state index is 0.0120. The number of hydrogen-bond donors (Lipinski definition) is 1. The molecule has 2 atom stereocenters. The number of para-hydroxylation sites is 2. The number of rotatable bonds is 3. The van der Waals surface area contributed by atoms with Crippen LogP contribution in [0.5, 0.6) is 5.75 Å². The highest BCUT2D eigenvalue weighted by Crippen LogP contribution is 2.33. The Morgan fingerprint density at radius 1 is 1.07 bits per heavy atom. The van der Waals surface area contributed by atoms with Crippen molar-refractivity contribution in [2.24, 2.45) is 0 Å². The molecule has 0 radical (unpaired) electrons. The molecule has 0 spiro atoms. The number of fused-ring (bicyclic) bond motifs is 2. The van der Waals surface area contributed by atoms with E-state index in [2.05, 4.69) is 20.2 Å². The predicted molar refractivity (Wildman–Crippen MR) is 107 cm³/mol. The molecule has 2 aromatic carbocycles. The van der Waals surface area contributed by atoms with Crippen molar-refractivity contribution in [3.05, 3.63) is 60.4 Å². The molecule has 0 aliphatic carbocycles. The summed E-state index contributed by atoms with van der Waals surface area (Å²) in [6.07, 6.45) is 4.17. The summed E-state index contributed by atoms with van der Waals surface area (Å²) < 4.78 is 5.72. The van der Waals surface area contributed by atoms with E-state index in [4.69, 9.17) is 4.74 Å². The summed E-state index contributed by atoms with van der Waals surface area (Å²) in [4.78, 5) is 24.2. The fourth-order valence-electron chi connectivity index (χ4n) is 4.27. The summed E-state index contributed by atoms with van der Waals surface area (Å²) in [5.41, 5.74) is 1.95. The first-order valence-corrected chi connectivity index (χ1v) is 9.80. The lowest BCUT2D eigenvalue weighted by molar-refractivity contribution is -0.123. The third kappa shape index (κ3) is 2.95. The standard InChI is InChI=1S/C22H22N4O2/c27-22(25-18-11-13-28-20-10-4-2-6-15(18)20)19-9-5-12-26(19)21-16-7-1-3-8-17(16)23-14-24-21/h1-4,6-8,10,14,18-19H,5,9,11-13H2,(H,25,27). The second kappa shape index (κ2) is 7.11. The first kappa shape index (κ1) is 17.0. The Balaban J connectivity index is 1.41. The normalized spacial score (nSPS) is 21.2. The molecule has 0 saturated carbocycles. The summed E-state index contributed by atoms with van der Waals surface area (Å²) in [7, 11) is 0. The number of carbonyl (C=O) groups is 1. The van der Waals surface area contributed by atoms with Crippen LogP contribution in [0.25, 0.3) is 10.9 Å². The predicted octanol–water partition coefficient (Wildman–Crippen LogP) is 3.24. The zero-order valence-electron chi connectivity index (χ0n) is 15.5. The van der Waals surface area contributed by atoms with E-state index in [1.54, 1.807) is 6.33 Å². The molecule has 1 aromatic heterocycles. The maximum atomic E-state index is 13.2. The van der Waals surface area contributed by atoms with Crippen LogP contribution in [0.2, 0.25) is 0 Å². The number of hydrogen-bond acceptors (Lipinski definition) is 5. The van der Waals surface area contributed by atoms with E-state index in [0.29, 0.717) is 6.61 Å². The Morgan fingerprint density at radius 3 is 2.89 bits per heavy atom. The van der Waals surface area contributed by atoms with Crippen LogP contribution in [0.15, 0.2) is 54.9 Å². The van der Waals surface area contributed by atoms with Crippen LogP contribution in [-0.2, 0) is 4.79 Å². The quantitative estimate of drug-likeness (QED) is 0.762. The van der Waals surface area contributed by atoms with Gasteiger partial charge in [-0.3, -0.25) is 4.79 Å². The smallest absolute Gasteiger partial charge is 0.243 e. The molecule has 2 unspecified atom stereocenters. The molecule has 1 N–H and O–H groups in total. The lowest BCUT2D eigenvalue weighted by atomic mass is 10.00. The second-order valence-electron chi connectivity index (χ2n) is 7.30. The minimum atomic E-state index is -0.215. The average molecular weight is 374 g/mol. The average Bonchev–Trinajstić information content (AvgIpc) is 3.23. The van der Waals surface area contributed by atoms with Gasteiger partial charge in [-0.2, -0.15) is 0 Å². The van der Waals surface area contributed by atoms with Crippen molar-refractivity contribution < 1.29 is 9.53 Å². The van der Waals surface area contributed by atoms with Crippen molar-refractivity contribution >= 4 is 22.6 Å². The largest absolute Gasteiger partial charge is 0.493 e. The van der Waals surface area contributed by atoms with Gasteiger partial charge in [0.2, 0.25) is 5.91 Å². The van der Waals surface area contributed by atoms with Gasteiger partial charge in [0.15, 0.2) is 0 Å². The Hall–Kier alpha value is -3.15. The molecule has 1 fully saturated rings. The van der Waals surface area contributed by atoms with Crippen molar-refractivity contribution in [1.82, 2.24) is 15.3 Å². The van der Waals surface area contributed by atoms with E-state index >= 15 is 0 Å². The molecule has 3 heterocycles. The molecular weight excluding hydrogens is 352 g/mol. The highest BCUT2D eigenvalue weighted by Gasteiger charge is 2.34. The molecule has 5 rings (SSSR count). The number of amides is 1. The Bertz CT molecular complexity index is 1020. The Kier molecular flexibility index (Phi) is 4.31. The number of ether oxygens (including phenoxy) is 1. The molecule has 1 saturated heterocycles. The van der Waals surface area contributed by atoms with Gasteiger partial charge in [-0.25, -0.2) is 9.97 Å². The van der Waals surface area contributed by atoms with Gasteiger partial charge in [-0.15, -0.1) is 0 Å². The molecule has 142 valence electrons. The van der Waals surface area contributed by atoms with Gasteiger partial charge in [0.1, 0.15) is 23.9 Å². The van der Waals surface area contributed by atoms with E-state index in [1.165, 1.54) is 0 Å². The van der Waals surface area contributed by atoms with E-state index in [0.717, 1.165) is 53.8 Å². The van der Waals surface area contributed by atoms with Gasteiger partial charge in [0.05, 0.1) is 18.2 Å². The van der Waals surface area contributed by atoms with E-state index < -0.39 is 0 Å². The van der Waals surface area contributed by atoms with Gasteiger partial charge >= 0.3 is 0 Å². The number of nitrogens with one attached hydrogen (secondary N) is 1. The molecule has 0 bridgehead atoms. The third-order valence-electron chi connectivity index (χ3n) is 5.62. The molecule has 6 nitrogen and oxygen atoms in total. The molecule has 6 heteroatoms. The van der Waals surface area contributed by atoms with Crippen LogP contribution in [0.1, 0.15) is 30.9 Å². The molecule has 3 aromatic rings. The van der Waals surface area contributed by atoms with Gasteiger partial charge in [0.25, 0.3) is 0 Å². The van der Waals surface area contributed by atoms with Crippen LogP contribution in [0.4, 0.5) is 5.82 Å². The number of benzene rings is 2. The van der Waals surface area contributed by atoms with Crippen molar-refractivity contribution in [2.75, 3.05) is 18.1 Å². The van der Waals surface area contributed by atoms with E-state index in [1.807, 2.05) is 48.5 Å². The maximum Gasteiger partial charge on any atom is 0.243 e. The Morgan fingerprint density at radius 2 is 1.93 bits per heavy atom. The molecule has 1 amide bonds. The molecule has 2 aliphatic rings. The minimum Gasteiger partial charge on any atom is -0.493 e. The fourth-order valence-corrected chi connectivity index (χ4v) is 4.27. The van der Waals surface area contributed by atoms with Gasteiger partial charge in [0, 0.05) is 23.9 Å². The number of nitrogens with zero attached hydrogens (tertiary/aromatic N) is 3. The van der Waals surface area contributed by atoms with Crippen molar-refractivity contribution in [3.8, 4) is 5.75 Å². The first-order valence-electron chi connectivity index (χ1n) is 9.80. The van der Waals surface area contributed by atoms with Crippen molar-refractivity contribution in [2.45, 2.75) is 31.3 Å². The SMILES string of the molecule is O=C(NC1CCOc2ccccc21)C1CCCN1c1ncnc2ccccc12. The van der Waals surface area contributed by atoms with Gasteiger partial charge < -0.3 is 15.0 Å². The van der Waals surface area contributed by atoms with Gasteiger partial charge in [-0.1, -0.05) is 30.3 Å². The second-order valence-corrected chi connectivity index (χ2v) is 7.30. The highest BCUT2D eigenvalue weighted by molar-refractivity contribution is 5.93. The van der Waals surface area contributed by atoms with Crippen LogP contribution < -0.4 is 15.0 Å². The molecular formula is C22H22N4O2. The number of anilines is 1. The monoisotopic (exact) mass is 374 g/mol. The number of carbonyl (C=O) groups excluding carboxylic acids is 1. The zero-order chi connectivity index (χ0) is 18.9. The lowest BCUT2D eigenvalue weighted by Gasteiger charge is -2.30. The summed E-state index contributed by atoms with van der Waals surface area (Å²) in [5.74, 6) is 1.77. The Labute approximate surface area is 163 Å². The summed E-state index contributed by atoms with van der Waals surface area (Å²) in [6, 6.07) is 15.7. The van der Waals surface area contributed by atoms with Gasteiger partial charge in [-0.05, 0) is 31.0 Å². The van der Waals surface area contributed by atoms with Crippen molar-refractivity contribution in [1.29, 1.82) is 0 Å². The van der Waals surface area contributed by atoms with Crippen LogP contribution >= 0.6 is 0 Å². The first-order chi connectivity index (χ1) is 13.8. The fraction of sp³-hybridized carbons (Fsp3) is 0.318. The maximum absolute atomic E-state index is 13.2. The molecule has 28 heavy (non-hydrogen) atoms. The van der Waals surface area contributed by atoms with E-state index in [-0.39, 0.29) is 18.0 Å². The molecule has 2 aliphatic heterocycles. The number of aromatic nitrogens is 2. The van der Waals surface area contributed by atoms with Crippen LogP contribution in [0.3, 0.4) is 0 Å². The summed E-state index contributed by atoms with van der Waals surface area (Å²) in [5, 5.41) is 4.25. The van der Waals surface area contributed by atoms with Crippen LogP contribution in [0, 0.1) is 0 Å². The third-order valence-corrected chi connectivity index (χ3v) is 5.62. The van der Waals surface area contributed by atoms with Crippen LogP contribution in [-0.4, -0.2) is 35.1 Å². The van der Waals surface area contributed by atoms with Crippen molar-refractivity contribution in [3.63, 3.8) is 0 Å². The zero-order valence-corrected chi connectivity index (χ0v) is 15.5. The summed E-state index contributed by atoms with van der Waals surface area (Å²) in [6.45, 7) is 1.44. The van der Waals surface area contributed by atoms with E-state index in [9.17, 15) is 4.79 Å². The summed E-state index contributed by atoms with van der Waals surface area (Å²) >= 11 is 0.